The minimum absolute atomic E-state index is 0.0194. The van der Waals surface area contributed by atoms with E-state index in [4.69, 9.17) is 5.73 Å². The number of likely N-dealkylation sites (N-methyl/N-ethyl adjacent to an activating group) is 1. The molecule has 15 heteroatoms. The molecule has 6 amide bonds. The van der Waals surface area contributed by atoms with Crippen LogP contribution in [0.3, 0.4) is 0 Å². The summed E-state index contributed by atoms with van der Waals surface area (Å²) in [6.07, 6.45) is 1.92. The Morgan fingerprint density at radius 1 is 0.695 bits per heavy atom. The van der Waals surface area contributed by atoms with Crippen molar-refractivity contribution in [2.24, 2.45) is 11.7 Å². The zero-order valence-electron chi connectivity index (χ0n) is 33.8. The van der Waals surface area contributed by atoms with Crippen LogP contribution in [0.2, 0.25) is 0 Å². The van der Waals surface area contributed by atoms with Crippen molar-refractivity contribution in [3.8, 4) is 0 Å². The SMILES string of the molecule is C[C@H](O)[C@H]1NC(=O)[C@@H](Cc2ccccc2)NC(=O)[C@@H](C)N(C)C(=O)[C@@H](Cc2ccccc2)NC(=O)[C@H](Cc2c[nH]c3ccccc23)CNC(=O)[C@@H](CCCCN)NC1=O. The van der Waals surface area contributed by atoms with Crippen LogP contribution in [0.15, 0.2) is 91.1 Å². The Morgan fingerprint density at radius 3 is 1.93 bits per heavy atom. The summed E-state index contributed by atoms with van der Waals surface area (Å²) in [5.74, 6) is -4.78. The normalized spacial score (nSPS) is 23.5. The highest BCUT2D eigenvalue weighted by Gasteiger charge is 2.36. The van der Waals surface area contributed by atoms with Gasteiger partial charge in [-0.25, -0.2) is 0 Å². The smallest absolute Gasteiger partial charge is 0.245 e. The zero-order chi connectivity index (χ0) is 42.5. The molecule has 1 aromatic heterocycles. The Balaban J connectivity index is 1.54. The van der Waals surface area contributed by atoms with Crippen LogP contribution in [0.1, 0.15) is 49.8 Å². The van der Waals surface area contributed by atoms with Crippen molar-refractivity contribution in [3.05, 3.63) is 108 Å². The molecule has 1 aliphatic heterocycles. The predicted octanol–water partition coefficient (Wildman–Crippen LogP) is 1.24. The van der Waals surface area contributed by atoms with Gasteiger partial charge in [-0.15, -0.1) is 0 Å². The fourth-order valence-electron chi connectivity index (χ4n) is 7.16. The van der Waals surface area contributed by atoms with Gasteiger partial charge in [-0.3, -0.25) is 28.8 Å². The third-order valence-electron chi connectivity index (χ3n) is 10.8. The first-order valence-corrected chi connectivity index (χ1v) is 20.1. The maximum atomic E-state index is 14.5. The minimum Gasteiger partial charge on any atom is -0.391 e. The molecule has 314 valence electrons. The molecule has 2 heterocycles. The summed E-state index contributed by atoms with van der Waals surface area (Å²) in [5.41, 5.74) is 8.89. The molecule has 5 rings (SSSR count). The molecular formula is C44H56N8O7. The summed E-state index contributed by atoms with van der Waals surface area (Å²) in [7, 11) is 1.45. The molecule has 0 saturated carbocycles. The van der Waals surface area contributed by atoms with E-state index in [9.17, 15) is 33.9 Å². The molecule has 0 unspecified atom stereocenters. The predicted molar refractivity (Wildman–Crippen MR) is 223 cm³/mol. The molecule has 1 fully saturated rings. The number of nitrogens with two attached hydrogens (primary N) is 1. The highest BCUT2D eigenvalue weighted by Crippen LogP contribution is 2.22. The maximum absolute atomic E-state index is 14.5. The van der Waals surface area contributed by atoms with Crippen LogP contribution in [0.25, 0.3) is 10.9 Å². The van der Waals surface area contributed by atoms with Crippen molar-refractivity contribution in [3.63, 3.8) is 0 Å². The summed E-state index contributed by atoms with van der Waals surface area (Å²) in [4.78, 5) is 89.0. The summed E-state index contributed by atoms with van der Waals surface area (Å²) >= 11 is 0. The van der Waals surface area contributed by atoms with Gasteiger partial charge in [-0.05, 0) is 68.8 Å². The second kappa shape index (κ2) is 21.1. The van der Waals surface area contributed by atoms with Crippen molar-refractivity contribution in [1.82, 2.24) is 36.5 Å². The van der Waals surface area contributed by atoms with E-state index in [0.717, 1.165) is 22.0 Å². The number of aromatic amines is 1. The number of unbranched alkanes of at least 4 members (excludes halogenated alkanes) is 1. The topological polar surface area (TPSA) is 228 Å². The quantitative estimate of drug-likeness (QED) is 0.103. The molecule has 15 nitrogen and oxygen atoms in total. The van der Waals surface area contributed by atoms with Crippen molar-refractivity contribution in [2.75, 3.05) is 20.1 Å². The van der Waals surface area contributed by atoms with Crippen molar-refractivity contribution >= 4 is 46.3 Å². The highest BCUT2D eigenvalue weighted by atomic mass is 16.3. The van der Waals surface area contributed by atoms with Gasteiger partial charge in [0.25, 0.3) is 0 Å². The monoisotopic (exact) mass is 808 g/mol. The fraction of sp³-hybridized carbons (Fsp3) is 0.409. The maximum Gasteiger partial charge on any atom is 0.245 e. The van der Waals surface area contributed by atoms with Crippen LogP contribution in [-0.4, -0.2) is 107 Å². The van der Waals surface area contributed by atoms with Crippen LogP contribution in [0, 0.1) is 5.92 Å². The first kappa shape index (κ1) is 44.1. The number of nitrogens with zero attached hydrogens (tertiary/aromatic N) is 1. The largest absolute Gasteiger partial charge is 0.391 e. The second-order valence-corrected chi connectivity index (χ2v) is 15.2. The van der Waals surface area contributed by atoms with E-state index in [1.807, 2.05) is 54.6 Å². The molecule has 1 aliphatic rings. The van der Waals surface area contributed by atoms with E-state index < -0.39 is 77.7 Å². The van der Waals surface area contributed by atoms with Gasteiger partial charge < -0.3 is 47.3 Å². The fourth-order valence-corrected chi connectivity index (χ4v) is 7.16. The Kier molecular flexibility index (Phi) is 15.7. The third kappa shape index (κ3) is 12.0. The Hall–Kier alpha value is -6.06. The number of aliphatic hydroxyl groups is 1. The van der Waals surface area contributed by atoms with E-state index in [1.54, 1.807) is 36.5 Å². The van der Waals surface area contributed by atoms with E-state index in [2.05, 4.69) is 31.6 Å². The van der Waals surface area contributed by atoms with Crippen LogP contribution >= 0.6 is 0 Å². The standard InChI is InChI=1S/C44H56N8O7/c1-27-39(54)49-36(22-29-14-6-4-7-15-29)42(57)51-38(28(2)53)43(58)48-35(20-12-13-21-45)41(56)47-26-32(24-31-25-46-34-19-11-10-18-33(31)34)40(55)50-37(44(59)52(27)3)23-30-16-8-5-9-17-30/h4-11,14-19,25,27-28,32,35-38,46,53H,12-13,20-24,26,45H2,1-3H3,(H,47,56)(H,48,58)(H,49,54)(H,50,55)(H,51,57)/t27-,28+,32-,35-,36-,37-,38-/m1/s1. The molecule has 0 aliphatic carbocycles. The number of aromatic nitrogens is 1. The summed E-state index contributed by atoms with van der Waals surface area (Å²) in [6.45, 7) is 3.04. The lowest BCUT2D eigenvalue weighted by atomic mass is 9.96. The van der Waals surface area contributed by atoms with Gasteiger partial charge in [0.1, 0.15) is 30.2 Å². The number of benzene rings is 3. The number of hydrogen-bond donors (Lipinski definition) is 8. The van der Waals surface area contributed by atoms with Crippen molar-refractivity contribution in [1.29, 1.82) is 0 Å². The third-order valence-corrected chi connectivity index (χ3v) is 10.8. The van der Waals surface area contributed by atoms with Gasteiger partial charge in [-0.1, -0.05) is 78.9 Å². The average Bonchev–Trinajstić information content (AvgIpc) is 3.65. The Bertz CT molecular complexity index is 2060. The van der Waals surface area contributed by atoms with E-state index >= 15 is 0 Å². The zero-order valence-corrected chi connectivity index (χ0v) is 33.8. The van der Waals surface area contributed by atoms with Gasteiger partial charge >= 0.3 is 0 Å². The first-order valence-electron chi connectivity index (χ1n) is 20.1. The number of para-hydroxylation sites is 1. The van der Waals surface area contributed by atoms with Crippen LogP contribution in [0.4, 0.5) is 0 Å². The number of carbonyl (C=O) groups is 6. The molecule has 0 bridgehead atoms. The van der Waals surface area contributed by atoms with Gasteiger partial charge in [-0.2, -0.15) is 0 Å². The molecule has 59 heavy (non-hydrogen) atoms. The molecule has 7 atom stereocenters. The Morgan fingerprint density at radius 2 is 1.29 bits per heavy atom. The summed E-state index contributed by atoms with van der Waals surface area (Å²) in [5, 5.41) is 25.5. The van der Waals surface area contributed by atoms with E-state index in [1.165, 1.54) is 25.8 Å². The molecule has 4 aromatic rings. The van der Waals surface area contributed by atoms with Crippen molar-refractivity contribution in [2.45, 2.75) is 88.7 Å². The van der Waals surface area contributed by atoms with Gasteiger partial charge in [0.15, 0.2) is 0 Å². The number of amides is 6. The lowest BCUT2D eigenvalue weighted by molar-refractivity contribution is -0.142. The Labute approximate surface area is 344 Å². The summed E-state index contributed by atoms with van der Waals surface area (Å²) in [6, 6.07) is 19.6. The van der Waals surface area contributed by atoms with Crippen LogP contribution < -0.4 is 32.3 Å². The van der Waals surface area contributed by atoms with Crippen LogP contribution in [0.5, 0.6) is 0 Å². The number of rotatable bonds is 11. The van der Waals surface area contributed by atoms with E-state index in [0.29, 0.717) is 24.9 Å². The van der Waals surface area contributed by atoms with Gasteiger partial charge in [0.05, 0.1) is 12.0 Å². The van der Waals surface area contributed by atoms with Gasteiger partial charge in [0.2, 0.25) is 35.4 Å². The number of fused-ring (bicyclic) bond motifs is 1. The number of hydrogen-bond acceptors (Lipinski definition) is 8. The lowest BCUT2D eigenvalue weighted by Gasteiger charge is -2.31. The number of nitrogens with one attached hydrogen (secondary N) is 6. The number of carbonyl (C=O) groups excluding carboxylic acids is 6. The average molecular weight is 809 g/mol. The van der Waals surface area contributed by atoms with E-state index in [-0.39, 0.29) is 32.2 Å². The lowest BCUT2D eigenvalue weighted by Crippen LogP contribution is -2.61. The number of H-pyrrole nitrogens is 1. The first-order chi connectivity index (χ1) is 28.4. The molecule has 1 saturated heterocycles. The molecular weight excluding hydrogens is 753 g/mol. The number of aliphatic hydroxyl groups excluding tert-OH is 1. The molecule has 9 N–H and O–H groups in total. The van der Waals surface area contributed by atoms with Crippen molar-refractivity contribution < 1.29 is 33.9 Å². The van der Waals surface area contributed by atoms with Crippen LogP contribution in [-0.2, 0) is 48.0 Å². The molecule has 3 aromatic carbocycles. The molecule has 0 radical (unpaired) electrons. The second-order valence-electron chi connectivity index (χ2n) is 15.2. The van der Waals surface area contributed by atoms with Gasteiger partial charge in [0, 0.05) is 43.5 Å². The minimum atomic E-state index is -1.51. The summed E-state index contributed by atoms with van der Waals surface area (Å²) < 4.78 is 0. The molecule has 0 spiro atoms. The highest BCUT2D eigenvalue weighted by molar-refractivity contribution is 5.97.